The van der Waals surface area contributed by atoms with Gasteiger partial charge in [-0.2, -0.15) is 0 Å². The monoisotopic (exact) mass is 546 g/mol. The van der Waals surface area contributed by atoms with Gasteiger partial charge in [0.15, 0.2) is 0 Å². The number of rotatable bonds is 4. The second kappa shape index (κ2) is 9.53. The molecule has 4 heteroatoms. The van der Waals surface area contributed by atoms with Gasteiger partial charge in [-0.05, 0) is 90.0 Å². The largest absolute Gasteiger partial charge is 0.252 e. The SMILES string of the molecule is c1cc(-c2ccc3c4ccc(-c5cccc(-c6cncs6)c5)cc4c4ccccc4c3c2)cc(-c2cncs2)c1. The molecule has 0 aliphatic carbocycles. The van der Waals surface area contributed by atoms with Gasteiger partial charge in [-0.3, -0.25) is 9.97 Å². The lowest BCUT2D eigenvalue weighted by Crippen LogP contribution is -1.87. The van der Waals surface area contributed by atoms with Crippen molar-refractivity contribution in [3.05, 3.63) is 133 Å². The molecule has 8 aromatic rings. The second-order valence-electron chi connectivity index (χ2n) is 9.96. The van der Waals surface area contributed by atoms with E-state index in [-0.39, 0.29) is 0 Å². The summed E-state index contributed by atoms with van der Waals surface area (Å²) in [5.74, 6) is 0. The van der Waals surface area contributed by atoms with Gasteiger partial charge in [0.05, 0.1) is 20.8 Å². The number of benzene rings is 6. The summed E-state index contributed by atoms with van der Waals surface area (Å²) >= 11 is 3.34. The number of nitrogens with zero attached hydrogens (tertiary/aromatic N) is 2. The van der Waals surface area contributed by atoms with Crippen molar-refractivity contribution in [2.24, 2.45) is 0 Å². The Bertz CT molecular complexity index is 1980. The first-order chi connectivity index (χ1) is 19.8. The van der Waals surface area contributed by atoms with Crippen LogP contribution < -0.4 is 0 Å². The van der Waals surface area contributed by atoms with Crippen LogP contribution in [0.15, 0.2) is 133 Å². The van der Waals surface area contributed by atoms with Crippen LogP contribution in [0.25, 0.3) is 75.5 Å². The van der Waals surface area contributed by atoms with Crippen LogP contribution in [-0.4, -0.2) is 9.97 Å². The molecule has 40 heavy (non-hydrogen) atoms. The van der Waals surface area contributed by atoms with E-state index in [4.69, 9.17) is 0 Å². The van der Waals surface area contributed by atoms with Crippen LogP contribution in [0.3, 0.4) is 0 Å². The molecule has 0 radical (unpaired) electrons. The third-order valence-electron chi connectivity index (χ3n) is 7.66. The molecule has 0 fully saturated rings. The molecule has 0 bridgehead atoms. The molecule has 2 aromatic heterocycles. The maximum atomic E-state index is 4.26. The first-order valence-electron chi connectivity index (χ1n) is 13.2. The van der Waals surface area contributed by atoms with Crippen LogP contribution in [0.4, 0.5) is 0 Å². The number of thiazole rings is 2. The summed E-state index contributed by atoms with van der Waals surface area (Å²) in [7, 11) is 0. The molecule has 0 atom stereocenters. The summed E-state index contributed by atoms with van der Waals surface area (Å²) in [5.41, 5.74) is 11.1. The van der Waals surface area contributed by atoms with Gasteiger partial charge in [0, 0.05) is 12.4 Å². The summed E-state index contributed by atoms with van der Waals surface area (Å²) in [4.78, 5) is 10.9. The molecule has 2 heterocycles. The summed E-state index contributed by atoms with van der Waals surface area (Å²) in [6.07, 6.45) is 3.88. The molecule has 0 unspecified atom stereocenters. The number of aromatic nitrogens is 2. The molecule has 2 nitrogen and oxygen atoms in total. The van der Waals surface area contributed by atoms with E-state index in [1.54, 1.807) is 22.7 Å². The maximum absolute atomic E-state index is 4.26. The van der Waals surface area contributed by atoms with Crippen LogP contribution in [0, 0.1) is 0 Å². The molecule has 188 valence electrons. The zero-order valence-corrected chi connectivity index (χ0v) is 23.0. The van der Waals surface area contributed by atoms with Crippen molar-refractivity contribution in [3.8, 4) is 43.1 Å². The van der Waals surface area contributed by atoms with E-state index in [0.717, 1.165) is 0 Å². The van der Waals surface area contributed by atoms with Gasteiger partial charge in [0.1, 0.15) is 0 Å². The molecule has 0 saturated heterocycles. The highest BCUT2D eigenvalue weighted by atomic mass is 32.1. The average molecular weight is 547 g/mol. The fourth-order valence-electron chi connectivity index (χ4n) is 5.74. The molecule has 0 N–H and O–H groups in total. The Morgan fingerprint density at radius 3 is 1.23 bits per heavy atom. The van der Waals surface area contributed by atoms with E-state index < -0.39 is 0 Å². The Balaban J connectivity index is 1.30. The maximum Gasteiger partial charge on any atom is 0.0797 e. The van der Waals surface area contributed by atoms with Gasteiger partial charge in [0.2, 0.25) is 0 Å². The lowest BCUT2D eigenvalue weighted by atomic mass is 9.90. The first-order valence-corrected chi connectivity index (χ1v) is 14.9. The normalized spacial score (nSPS) is 11.5. The molecule has 0 aliphatic rings. The van der Waals surface area contributed by atoms with Crippen LogP contribution >= 0.6 is 22.7 Å². The minimum absolute atomic E-state index is 1.19. The van der Waals surface area contributed by atoms with Gasteiger partial charge in [-0.15, -0.1) is 22.7 Å². The van der Waals surface area contributed by atoms with E-state index in [0.29, 0.717) is 0 Å². The fourth-order valence-corrected chi connectivity index (χ4v) is 6.98. The Kier molecular flexibility index (Phi) is 5.54. The molecule has 0 aliphatic heterocycles. The topological polar surface area (TPSA) is 25.8 Å². The van der Waals surface area contributed by atoms with Crippen molar-refractivity contribution in [3.63, 3.8) is 0 Å². The quantitative estimate of drug-likeness (QED) is 0.205. The van der Waals surface area contributed by atoms with Crippen molar-refractivity contribution >= 4 is 55.0 Å². The highest BCUT2D eigenvalue weighted by molar-refractivity contribution is 7.13. The molecule has 0 saturated carbocycles. The Morgan fingerprint density at radius 2 is 0.775 bits per heavy atom. The van der Waals surface area contributed by atoms with Crippen molar-refractivity contribution in [2.45, 2.75) is 0 Å². The molecule has 6 aromatic carbocycles. The van der Waals surface area contributed by atoms with Gasteiger partial charge < -0.3 is 0 Å². The van der Waals surface area contributed by atoms with Crippen LogP contribution in [0.1, 0.15) is 0 Å². The van der Waals surface area contributed by atoms with E-state index in [9.17, 15) is 0 Å². The third-order valence-corrected chi connectivity index (χ3v) is 9.31. The summed E-state index contributed by atoms with van der Waals surface area (Å²) in [6.45, 7) is 0. The molecular weight excluding hydrogens is 525 g/mol. The van der Waals surface area contributed by atoms with Crippen molar-refractivity contribution in [1.82, 2.24) is 9.97 Å². The predicted molar refractivity (Wildman–Crippen MR) is 172 cm³/mol. The standard InChI is InChI=1S/C36H22N2S2/c1-2-10-30-29(9-1)33-17-25(23-5-3-7-27(15-23)35-19-37-21-39-35)11-13-31(33)32-14-12-26(18-34(30)32)24-6-4-8-28(16-24)36-20-38-22-40-36/h1-22H. The summed E-state index contributed by atoms with van der Waals surface area (Å²) in [6, 6.07) is 40.1. The Hall–Kier alpha value is -4.64. The lowest BCUT2D eigenvalue weighted by Gasteiger charge is -2.14. The van der Waals surface area contributed by atoms with Gasteiger partial charge >= 0.3 is 0 Å². The molecule has 8 rings (SSSR count). The highest BCUT2D eigenvalue weighted by Gasteiger charge is 2.12. The van der Waals surface area contributed by atoms with E-state index in [1.807, 2.05) is 23.4 Å². The number of hydrogen-bond donors (Lipinski definition) is 0. The Labute approximate surface area is 239 Å². The average Bonchev–Trinajstić information content (AvgIpc) is 3.77. The van der Waals surface area contributed by atoms with Crippen LogP contribution in [-0.2, 0) is 0 Å². The van der Waals surface area contributed by atoms with E-state index >= 15 is 0 Å². The van der Waals surface area contributed by atoms with Crippen LogP contribution in [0.2, 0.25) is 0 Å². The van der Waals surface area contributed by atoms with Gasteiger partial charge in [-0.25, -0.2) is 0 Å². The minimum atomic E-state index is 1.19. The molecule has 0 amide bonds. The summed E-state index contributed by atoms with van der Waals surface area (Å²) in [5, 5.41) is 7.68. The Morgan fingerprint density at radius 1 is 0.350 bits per heavy atom. The first kappa shape index (κ1) is 23.3. The summed E-state index contributed by atoms with van der Waals surface area (Å²) < 4.78 is 0. The smallest absolute Gasteiger partial charge is 0.0797 e. The van der Waals surface area contributed by atoms with Gasteiger partial charge in [-0.1, -0.05) is 84.9 Å². The van der Waals surface area contributed by atoms with Gasteiger partial charge in [0.25, 0.3) is 0 Å². The highest BCUT2D eigenvalue weighted by Crippen LogP contribution is 2.40. The van der Waals surface area contributed by atoms with E-state index in [2.05, 4.69) is 119 Å². The molecule has 0 spiro atoms. The second-order valence-corrected chi connectivity index (χ2v) is 11.7. The minimum Gasteiger partial charge on any atom is -0.252 e. The van der Waals surface area contributed by atoms with Crippen molar-refractivity contribution in [1.29, 1.82) is 0 Å². The third kappa shape index (κ3) is 3.92. The number of hydrogen-bond acceptors (Lipinski definition) is 4. The molecular formula is C36H22N2S2. The van der Waals surface area contributed by atoms with Crippen LogP contribution in [0.5, 0.6) is 0 Å². The van der Waals surface area contributed by atoms with Crippen molar-refractivity contribution in [2.75, 3.05) is 0 Å². The number of fused-ring (bicyclic) bond motifs is 6. The zero-order chi connectivity index (χ0) is 26.5. The van der Waals surface area contributed by atoms with E-state index in [1.165, 1.54) is 75.5 Å². The van der Waals surface area contributed by atoms with Crippen molar-refractivity contribution < 1.29 is 0 Å². The lowest BCUT2D eigenvalue weighted by molar-refractivity contribution is 1.42. The fraction of sp³-hybridized carbons (Fsp3) is 0. The zero-order valence-electron chi connectivity index (χ0n) is 21.4. The predicted octanol–water partition coefficient (Wildman–Crippen LogP) is 10.7.